The fraction of sp³-hybridized carbons (Fsp3) is 0.0638. The molecular weight excluding hydrogens is 637 g/mol. The Balaban J connectivity index is 1.18. The Bertz CT molecular complexity index is 3300. The number of nitriles is 2. The van der Waals surface area contributed by atoms with Gasteiger partial charge in [0.15, 0.2) is 0 Å². The number of para-hydroxylation sites is 1. The molecule has 7 aromatic carbocycles. The van der Waals surface area contributed by atoms with Crippen LogP contribution in [0, 0.1) is 22.7 Å². The predicted octanol–water partition coefficient (Wildman–Crippen LogP) is 11.8. The second kappa shape index (κ2) is 10.0. The molecule has 0 saturated heterocycles. The first-order valence-electron chi connectivity index (χ1n) is 17.5. The van der Waals surface area contributed by atoms with E-state index >= 15 is 0 Å². The van der Waals surface area contributed by atoms with E-state index in [-0.39, 0.29) is 5.41 Å². The smallest absolute Gasteiger partial charge is 0.135 e. The first kappa shape index (κ1) is 28.7. The third-order valence-electron chi connectivity index (χ3n) is 11.4. The van der Waals surface area contributed by atoms with Gasteiger partial charge in [0.25, 0.3) is 0 Å². The summed E-state index contributed by atoms with van der Waals surface area (Å²) in [5.41, 5.74) is 14.3. The SMILES string of the molecule is CC1(C)c2ccccc2-c2c1ccc1c2c2cc(C#N)ccc2n1-c1ccc2oc3ccc(-n4c5ccccc5c5cc(C#N)ccc54)cc3c2c1. The Morgan fingerprint density at radius 3 is 1.79 bits per heavy atom. The van der Waals surface area contributed by atoms with Gasteiger partial charge in [-0.1, -0.05) is 62.4 Å². The van der Waals surface area contributed by atoms with E-state index in [1.165, 1.54) is 27.6 Å². The second-order valence-electron chi connectivity index (χ2n) is 14.4. The van der Waals surface area contributed by atoms with E-state index in [4.69, 9.17) is 4.42 Å². The van der Waals surface area contributed by atoms with Crippen LogP contribution in [0.3, 0.4) is 0 Å². The summed E-state index contributed by atoms with van der Waals surface area (Å²) in [4.78, 5) is 0. The summed E-state index contributed by atoms with van der Waals surface area (Å²) < 4.78 is 11.0. The number of rotatable bonds is 2. The van der Waals surface area contributed by atoms with Crippen LogP contribution in [-0.4, -0.2) is 9.13 Å². The Kier molecular flexibility index (Phi) is 5.53. The minimum absolute atomic E-state index is 0.137. The Morgan fingerprint density at radius 1 is 0.500 bits per heavy atom. The summed E-state index contributed by atoms with van der Waals surface area (Å²) >= 11 is 0. The lowest BCUT2D eigenvalue weighted by molar-refractivity contribution is 0.661. The summed E-state index contributed by atoms with van der Waals surface area (Å²) in [5, 5.41) is 26.1. The lowest BCUT2D eigenvalue weighted by atomic mass is 9.82. The van der Waals surface area contributed by atoms with Crippen LogP contribution in [0.4, 0.5) is 0 Å². The molecule has 10 aromatic rings. The maximum atomic E-state index is 9.97. The van der Waals surface area contributed by atoms with Gasteiger partial charge in [0.05, 0.1) is 45.3 Å². The molecule has 0 fully saturated rings. The van der Waals surface area contributed by atoms with Gasteiger partial charge in [0.1, 0.15) is 11.2 Å². The molecule has 0 radical (unpaired) electrons. The molecule has 5 nitrogen and oxygen atoms in total. The first-order valence-corrected chi connectivity index (χ1v) is 17.5. The normalized spacial score (nSPS) is 13.3. The highest BCUT2D eigenvalue weighted by Gasteiger charge is 2.37. The Morgan fingerprint density at radius 2 is 1.08 bits per heavy atom. The summed E-state index contributed by atoms with van der Waals surface area (Å²) in [5.74, 6) is 0. The van der Waals surface area contributed by atoms with E-state index < -0.39 is 0 Å². The van der Waals surface area contributed by atoms with E-state index in [0.29, 0.717) is 11.1 Å². The van der Waals surface area contributed by atoms with Crippen molar-refractivity contribution in [2.24, 2.45) is 0 Å². The second-order valence-corrected chi connectivity index (χ2v) is 14.4. The molecule has 0 aliphatic heterocycles. The topological polar surface area (TPSA) is 70.6 Å². The van der Waals surface area contributed by atoms with Crippen LogP contribution in [0.15, 0.2) is 138 Å². The number of furan rings is 1. The molecule has 0 unspecified atom stereocenters. The zero-order chi connectivity index (χ0) is 34.9. The van der Waals surface area contributed by atoms with Gasteiger partial charge < -0.3 is 13.6 Å². The molecule has 3 aromatic heterocycles. The van der Waals surface area contributed by atoms with E-state index in [1.54, 1.807) is 0 Å². The number of fused-ring (bicyclic) bond motifs is 13. The number of nitrogens with zero attached hydrogens (tertiary/aromatic N) is 4. The quantitative estimate of drug-likeness (QED) is 0.185. The molecule has 1 aliphatic carbocycles. The molecule has 52 heavy (non-hydrogen) atoms. The van der Waals surface area contributed by atoms with Crippen molar-refractivity contribution in [1.29, 1.82) is 10.5 Å². The lowest BCUT2D eigenvalue weighted by Gasteiger charge is -2.21. The van der Waals surface area contributed by atoms with E-state index in [9.17, 15) is 10.5 Å². The third kappa shape index (κ3) is 3.64. The molecular formula is C47H28N4O. The highest BCUT2D eigenvalue weighted by Crippen LogP contribution is 2.53. The van der Waals surface area contributed by atoms with Crippen LogP contribution < -0.4 is 0 Å². The highest BCUT2D eigenvalue weighted by molar-refractivity contribution is 6.18. The van der Waals surface area contributed by atoms with E-state index in [0.717, 1.165) is 71.5 Å². The van der Waals surface area contributed by atoms with E-state index in [1.807, 2.05) is 36.4 Å². The van der Waals surface area contributed by atoms with Gasteiger partial charge in [0.2, 0.25) is 0 Å². The average Bonchev–Trinajstić information content (AvgIpc) is 3.89. The maximum absolute atomic E-state index is 9.97. The predicted molar refractivity (Wildman–Crippen MR) is 209 cm³/mol. The molecule has 11 rings (SSSR count). The van der Waals surface area contributed by atoms with Crippen molar-refractivity contribution in [3.05, 3.63) is 156 Å². The van der Waals surface area contributed by atoms with Crippen LogP contribution in [0.5, 0.6) is 0 Å². The summed E-state index contributed by atoms with van der Waals surface area (Å²) in [6.45, 7) is 4.61. The van der Waals surface area contributed by atoms with Crippen LogP contribution in [0.2, 0.25) is 0 Å². The van der Waals surface area contributed by atoms with Gasteiger partial charge in [-0.15, -0.1) is 0 Å². The summed E-state index contributed by atoms with van der Waals surface area (Å²) in [7, 11) is 0. The van der Waals surface area contributed by atoms with Gasteiger partial charge in [0, 0.05) is 49.1 Å². The van der Waals surface area contributed by atoms with Crippen LogP contribution in [0.25, 0.3) is 88.1 Å². The molecule has 0 amide bonds. The molecule has 0 saturated carbocycles. The average molecular weight is 665 g/mol. The van der Waals surface area contributed by atoms with Crippen molar-refractivity contribution >= 4 is 65.6 Å². The van der Waals surface area contributed by atoms with Crippen molar-refractivity contribution in [3.63, 3.8) is 0 Å². The molecule has 0 bridgehead atoms. The van der Waals surface area contributed by atoms with Crippen molar-refractivity contribution in [3.8, 4) is 34.6 Å². The number of benzene rings is 7. The Labute approximate surface area is 298 Å². The van der Waals surface area contributed by atoms with Crippen molar-refractivity contribution in [2.45, 2.75) is 19.3 Å². The molecule has 242 valence electrons. The third-order valence-corrected chi connectivity index (χ3v) is 11.4. The number of aromatic nitrogens is 2. The molecule has 3 heterocycles. The fourth-order valence-corrected chi connectivity index (χ4v) is 9.00. The first-order chi connectivity index (χ1) is 25.4. The van der Waals surface area contributed by atoms with Gasteiger partial charge in [-0.2, -0.15) is 10.5 Å². The standard InChI is InChI=1S/C47H28N4O/c1-47(2)37-9-5-3-8-32(37)45-38(47)15-18-42-46(45)36-22-28(26-49)12-17-41(36)51(42)30-14-20-44-35(24-30)34-23-29(13-19-43(34)52-44)50-39-10-6-4-7-31(39)33-21-27(25-48)11-16-40(33)50/h3-24H,1-2H3. The van der Waals surface area contributed by atoms with Crippen molar-refractivity contribution < 1.29 is 4.42 Å². The van der Waals surface area contributed by atoms with Crippen LogP contribution >= 0.6 is 0 Å². The van der Waals surface area contributed by atoms with Gasteiger partial charge in [-0.05, 0) is 107 Å². The van der Waals surface area contributed by atoms with E-state index in [2.05, 4.69) is 132 Å². The molecule has 0 N–H and O–H groups in total. The molecule has 0 spiro atoms. The minimum Gasteiger partial charge on any atom is -0.456 e. The van der Waals surface area contributed by atoms with Crippen LogP contribution in [0.1, 0.15) is 36.1 Å². The van der Waals surface area contributed by atoms with Crippen molar-refractivity contribution in [1.82, 2.24) is 9.13 Å². The van der Waals surface area contributed by atoms with Gasteiger partial charge >= 0.3 is 0 Å². The highest BCUT2D eigenvalue weighted by atomic mass is 16.3. The summed E-state index contributed by atoms with van der Waals surface area (Å²) in [6.07, 6.45) is 0. The monoisotopic (exact) mass is 664 g/mol. The minimum atomic E-state index is -0.137. The summed E-state index contributed by atoms with van der Waals surface area (Å²) in [6, 6.07) is 51.1. The largest absolute Gasteiger partial charge is 0.456 e. The molecule has 5 heteroatoms. The number of hydrogen-bond donors (Lipinski definition) is 0. The fourth-order valence-electron chi connectivity index (χ4n) is 9.00. The van der Waals surface area contributed by atoms with Crippen LogP contribution in [-0.2, 0) is 5.41 Å². The van der Waals surface area contributed by atoms with Gasteiger partial charge in [-0.3, -0.25) is 0 Å². The molecule has 0 atom stereocenters. The Hall–Kier alpha value is -7.08. The number of hydrogen-bond acceptors (Lipinski definition) is 3. The van der Waals surface area contributed by atoms with Gasteiger partial charge in [-0.25, -0.2) is 0 Å². The molecule has 1 aliphatic rings. The zero-order valence-corrected chi connectivity index (χ0v) is 28.4. The van der Waals surface area contributed by atoms with Crippen molar-refractivity contribution in [2.75, 3.05) is 0 Å². The maximum Gasteiger partial charge on any atom is 0.135 e. The zero-order valence-electron chi connectivity index (χ0n) is 28.4. The lowest BCUT2D eigenvalue weighted by Crippen LogP contribution is -2.14.